The second-order valence-corrected chi connectivity index (χ2v) is 4.56. The standard InChI is InChI=1S/C12H19N5O4/c1-6(18)8(20-3)11(21-4)17-5-14-7-9(17)15-12(13-2)16-10(7)19/h5-6,8,11,18H,1-4H3,(H2,13,15,16,19). The number of nitrogens with zero attached hydrogens (tertiary/aromatic N) is 3. The second-order valence-electron chi connectivity index (χ2n) is 4.56. The van der Waals surface area contributed by atoms with Crippen LogP contribution in [-0.4, -0.2) is 58.1 Å². The van der Waals surface area contributed by atoms with Gasteiger partial charge in [-0.05, 0) is 6.92 Å². The number of rotatable bonds is 6. The van der Waals surface area contributed by atoms with Crippen molar-refractivity contribution in [2.75, 3.05) is 26.6 Å². The number of aromatic amines is 1. The van der Waals surface area contributed by atoms with E-state index in [-0.39, 0.29) is 11.1 Å². The number of aliphatic hydroxyl groups excluding tert-OH is 1. The number of anilines is 1. The zero-order chi connectivity index (χ0) is 15.6. The van der Waals surface area contributed by atoms with E-state index < -0.39 is 18.4 Å². The summed E-state index contributed by atoms with van der Waals surface area (Å²) in [6.07, 6.45) is -0.636. The number of aliphatic hydroxyl groups is 1. The minimum absolute atomic E-state index is 0.191. The number of hydrogen-bond donors (Lipinski definition) is 3. The molecule has 9 heteroatoms. The first-order valence-corrected chi connectivity index (χ1v) is 6.41. The van der Waals surface area contributed by atoms with E-state index in [9.17, 15) is 9.90 Å². The fourth-order valence-corrected chi connectivity index (χ4v) is 2.19. The zero-order valence-corrected chi connectivity index (χ0v) is 12.3. The minimum Gasteiger partial charge on any atom is -0.391 e. The molecule has 0 amide bonds. The molecule has 0 radical (unpaired) electrons. The first-order chi connectivity index (χ1) is 10.0. The van der Waals surface area contributed by atoms with Crippen LogP contribution in [0.3, 0.4) is 0 Å². The molecule has 2 heterocycles. The maximum Gasteiger partial charge on any atom is 0.280 e. The van der Waals surface area contributed by atoms with Crippen LogP contribution in [0.4, 0.5) is 5.95 Å². The molecule has 0 bridgehead atoms. The normalized spacial score (nSPS) is 15.9. The van der Waals surface area contributed by atoms with Gasteiger partial charge in [-0.1, -0.05) is 0 Å². The summed E-state index contributed by atoms with van der Waals surface area (Å²) in [4.78, 5) is 22.8. The van der Waals surface area contributed by atoms with Gasteiger partial charge in [-0.2, -0.15) is 4.98 Å². The second kappa shape index (κ2) is 6.20. The largest absolute Gasteiger partial charge is 0.391 e. The van der Waals surface area contributed by atoms with E-state index >= 15 is 0 Å². The lowest BCUT2D eigenvalue weighted by molar-refractivity contribution is -0.119. The van der Waals surface area contributed by atoms with Crippen LogP contribution in [0.1, 0.15) is 13.2 Å². The number of imidazole rings is 1. The fraction of sp³-hybridized carbons (Fsp3) is 0.583. The summed E-state index contributed by atoms with van der Waals surface area (Å²) < 4.78 is 12.2. The summed E-state index contributed by atoms with van der Waals surface area (Å²) in [6.45, 7) is 1.60. The van der Waals surface area contributed by atoms with Gasteiger partial charge in [-0.15, -0.1) is 0 Å². The lowest BCUT2D eigenvalue weighted by atomic mass is 10.2. The predicted molar refractivity (Wildman–Crippen MR) is 76.2 cm³/mol. The Morgan fingerprint density at radius 3 is 2.67 bits per heavy atom. The number of aromatic nitrogens is 4. The highest BCUT2D eigenvalue weighted by molar-refractivity contribution is 5.70. The number of ether oxygens (including phenoxy) is 2. The number of hydrogen-bond acceptors (Lipinski definition) is 7. The monoisotopic (exact) mass is 297 g/mol. The van der Waals surface area contributed by atoms with Gasteiger partial charge < -0.3 is 19.9 Å². The molecule has 0 aliphatic heterocycles. The minimum atomic E-state index is -0.775. The summed E-state index contributed by atoms with van der Waals surface area (Å²) >= 11 is 0. The molecular weight excluding hydrogens is 278 g/mol. The van der Waals surface area contributed by atoms with Crippen molar-refractivity contribution < 1.29 is 14.6 Å². The molecule has 0 aliphatic rings. The summed E-state index contributed by atoms with van der Waals surface area (Å²) in [6, 6.07) is 0. The van der Waals surface area contributed by atoms with Gasteiger partial charge in [-0.25, -0.2) is 4.98 Å². The third-order valence-electron chi connectivity index (χ3n) is 3.21. The number of H-pyrrole nitrogens is 1. The van der Waals surface area contributed by atoms with Crippen LogP contribution < -0.4 is 10.9 Å². The van der Waals surface area contributed by atoms with Gasteiger partial charge in [0.2, 0.25) is 5.95 Å². The quantitative estimate of drug-likeness (QED) is 0.670. The molecule has 0 saturated heterocycles. The third kappa shape index (κ3) is 2.75. The van der Waals surface area contributed by atoms with Crippen LogP contribution in [-0.2, 0) is 9.47 Å². The highest BCUT2D eigenvalue weighted by atomic mass is 16.5. The number of nitrogens with one attached hydrogen (secondary N) is 2. The van der Waals surface area contributed by atoms with Crippen LogP contribution >= 0.6 is 0 Å². The van der Waals surface area contributed by atoms with Gasteiger partial charge in [0.15, 0.2) is 17.4 Å². The highest BCUT2D eigenvalue weighted by Gasteiger charge is 2.29. The Hall–Kier alpha value is -1.97. The molecule has 2 rings (SSSR count). The summed E-state index contributed by atoms with van der Waals surface area (Å²) in [5.74, 6) is 0.315. The molecule has 0 saturated carbocycles. The molecule has 0 fully saturated rings. The van der Waals surface area contributed by atoms with Gasteiger partial charge in [0.05, 0.1) is 12.4 Å². The van der Waals surface area contributed by atoms with Crippen molar-refractivity contribution in [2.24, 2.45) is 0 Å². The Bertz CT molecular complexity index is 665. The van der Waals surface area contributed by atoms with E-state index in [1.165, 1.54) is 20.5 Å². The molecule has 0 spiro atoms. The van der Waals surface area contributed by atoms with Gasteiger partial charge >= 0.3 is 0 Å². The maximum absolute atomic E-state index is 11.9. The Morgan fingerprint density at radius 1 is 1.43 bits per heavy atom. The van der Waals surface area contributed by atoms with E-state index in [1.807, 2.05) is 0 Å². The average Bonchev–Trinajstić information content (AvgIpc) is 2.88. The van der Waals surface area contributed by atoms with Crippen LogP contribution in [0.25, 0.3) is 11.2 Å². The lowest BCUT2D eigenvalue weighted by Gasteiger charge is -2.27. The molecule has 116 valence electrons. The van der Waals surface area contributed by atoms with Gasteiger partial charge in [-0.3, -0.25) is 14.3 Å². The molecule has 9 nitrogen and oxygen atoms in total. The van der Waals surface area contributed by atoms with Crippen molar-refractivity contribution in [3.8, 4) is 0 Å². The topological polar surface area (TPSA) is 114 Å². The average molecular weight is 297 g/mol. The van der Waals surface area contributed by atoms with Crippen molar-refractivity contribution in [3.05, 3.63) is 16.7 Å². The highest BCUT2D eigenvalue weighted by Crippen LogP contribution is 2.22. The predicted octanol–water partition coefficient (Wildman–Crippen LogP) is -0.298. The van der Waals surface area contributed by atoms with Gasteiger partial charge in [0.1, 0.15) is 6.10 Å². The first kappa shape index (κ1) is 15.4. The van der Waals surface area contributed by atoms with Crippen molar-refractivity contribution >= 4 is 17.1 Å². The SMILES string of the molecule is CNc1nc2c(ncn2C(OC)C(OC)C(C)O)c(=O)[nH]1. The molecular formula is C12H19N5O4. The first-order valence-electron chi connectivity index (χ1n) is 6.41. The van der Waals surface area contributed by atoms with E-state index in [1.54, 1.807) is 18.5 Å². The van der Waals surface area contributed by atoms with Crippen LogP contribution in [0, 0.1) is 0 Å². The Balaban J connectivity index is 2.59. The Labute approximate surface area is 120 Å². The Kier molecular flexibility index (Phi) is 4.56. The number of fused-ring (bicyclic) bond motifs is 1. The van der Waals surface area contributed by atoms with E-state index in [0.717, 1.165) is 0 Å². The number of methoxy groups -OCH3 is 2. The summed E-state index contributed by atoms with van der Waals surface area (Å²) in [5.41, 5.74) is 0.179. The third-order valence-corrected chi connectivity index (χ3v) is 3.21. The molecule has 3 atom stereocenters. The van der Waals surface area contributed by atoms with Crippen LogP contribution in [0.5, 0.6) is 0 Å². The molecule has 3 N–H and O–H groups in total. The molecule has 3 unspecified atom stereocenters. The fourth-order valence-electron chi connectivity index (χ4n) is 2.19. The van der Waals surface area contributed by atoms with Crippen molar-refractivity contribution in [1.82, 2.24) is 19.5 Å². The molecule has 2 aromatic heterocycles. The van der Waals surface area contributed by atoms with E-state index in [0.29, 0.717) is 11.6 Å². The molecule has 2 aromatic rings. The van der Waals surface area contributed by atoms with Gasteiger partial charge in [0.25, 0.3) is 5.56 Å². The van der Waals surface area contributed by atoms with Crippen molar-refractivity contribution in [3.63, 3.8) is 0 Å². The lowest BCUT2D eigenvalue weighted by Crippen LogP contribution is -2.36. The van der Waals surface area contributed by atoms with Gasteiger partial charge in [0, 0.05) is 21.3 Å². The van der Waals surface area contributed by atoms with Crippen molar-refractivity contribution in [1.29, 1.82) is 0 Å². The van der Waals surface area contributed by atoms with E-state index in [4.69, 9.17) is 9.47 Å². The molecule has 21 heavy (non-hydrogen) atoms. The molecule has 0 aliphatic carbocycles. The smallest absolute Gasteiger partial charge is 0.280 e. The zero-order valence-electron chi connectivity index (χ0n) is 12.3. The van der Waals surface area contributed by atoms with Crippen LogP contribution in [0.15, 0.2) is 11.1 Å². The van der Waals surface area contributed by atoms with Crippen molar-refractivity contribution in [2.45, 2.75) is 25.4 Å². The summed E-state index contributed by atoms with van der Waals surface area (Å²) in [7, 11) is 4.60. The van der Waals surface area contributed by atoms with Crippen LogP contribution in [0.2, 0.25) is 0 Å². The Morgan fingerprint density at radius 2 is 2.14 bits per heavy atom. The molecule has 0 aromatic carbocycles. The van der Waals surface area contributed by atoms with E-state index in [2.05, 4.69) is 20.3 Å². The summed E-state index contributed by atoms with van der Waals surface area (Å²) in [5, 5.41) is 12.6. The maximum atomic E-state index is 11.9.